The van der Waals surface area contributed by atoms with Crippen molar-refractivity contribution in [3.8, 4) is 0 Å². The summed E-state index contributed by atoms with van der Waals surface area (Å²) in [6.45, 7) is 9.55. The molecule has 4 heteroatoms. The number of hydrogen-bond acceptors (Lipinski definition) is 3. The van der Waals surface area contributed by atoms with Crippen molar-refractivity contribution < 1.29 is 0 Å². The van der Waals surface area contributed by atoms with Crippen molar-refractivity contribution in [2.75, 3.05) is 5.32 Å². The first-order chi connectivity index (χ1) is 9.49. The van der Waals surface area contributed by atoms with Crippen LogP contribution in [0.5, 0.6) is 0 Å². The normalized spacial score (nSPS) is 26.8. The first-order valence-electron chi connectivity index (χ1n) is 7.81. The van der Waals surface area contributed by atoms with E-state index in [1.807, 2.05) is 0 Å². The molecular weight excluding hydrogens is 250 g/mol. The van der Waals surface area contributed by atoms with Crippen molar-refractivity contribution in [1.29, 1.82) is 0 Å². The standard InChI is InChI=1S/C16H27N3O/c1-11(2)10-19-9-8-17-15(16(19)20)18-14-7-5-6-12(3)13(14)4/h8-9,11-14H,5-7,10H2,1-4H3,(H,17,18). The number of aromatic nitrogens is 2. The fraction of sp³-hybridized carbons (Fsp3) is 0.750. The smallest absolute Gasteiger partial charge is 0.293 e. The lowest BCUT2D eigenvalue weighted by Gasteiger charge is -2.34. The Morgan fingerprint density at radius 1 is 1.40 bits per heavy atom. The number of rotatable bonds is 4. The maximum absolute atomic E-state index is 12.4. The van der Waals surface area contributed by atoms with E-state index < -0.39 is 0 Å². The van der Waals surface area contributed by atoms with Crippen LogP contribution in [0.25, 0.3) is 0 Å². The van der Waals surface area contributed by atoms with Crippen LogP contribution >= 0.6 is 0 Å². The van der Waals surface area contributed by atoms with Crippen molar-refractivity contribution in [2.45, 2.75) is 59.5 Å². The first-order valence-corrected chi connectivity index (χ1v) is 7.81. The molecule has 1 fully saturated rings. The molecule has 0 spiro atoms. The Morgan fingerprint density at radius 3 is 2.85 bits per heavy atom. The summed E-state index contributed by atoms with van der Waals surface area (Å²) < 4.78 is 1.76. The van der Waals surface area contributed by atoms with E-state index in [2.05, 4.69) is 38.0 Å². The van der Waals surface area contributed by atoms with Gasteiger partial charge >= 0.3 is 0 Å². The third-order valence-electron chi connectivity index (χ3n) is 4.50. The molecule has 20 heavy (non-hydrogen) atoms. The first kappa shape index (κ1) is 15.1. The van der Waals surface area contributed by atoms with E-state index in [0.717, 1.165) is 13.0 Å². The van der Waals surface area contributed by atoms with Crippen LogP contribution in [-0.4, -0.2) is 15.6 Å². The molecule has 1 N–H and O–H groups in total. The van der Waals surface area contributed by atoms with Gasteiger partial charge in [0.2, 0.25) is 0 Å². The third kappa shape index (κ3) is 3.41. The van der Waals surface area contributed by atoms with Gasteiger partial charge in [0.25, 0.3) is 5.56 Å². The van der Waals surface area contributed by atoms with E-state index in [1.165, 1.54) is 12.8 Å². The van der Waals surface area contributed by atoms with Crippen LogP contribution in [0.4, 0.5) is 5.82 Å². The van der Waals surface area contributed by atoms with Crippen molar-refractivity contribution in [2.24, 2.45) is 17.8 Å². The van der Waals surface area contributed by atoms with Gasteiger partial charge < -0.3 is 9.88 Å². The number of nitrogens with zero attached hydrogens (tertiary/aromatic N) is 2. The van der Waals surface area contributed by atoms with E-state index in [1.54, 1.807) is 17.0 Å². The third-order valence-corrected chi connectivity index (χ3v) is 4.50. The summed E-state index contributed by atoms with van der Waals surface area (Å²) in [6, 6.07) is 0.369. The zero-order chi connectivity index (χ0) is 14.7. The molecule has 0 saturated heterocycles. The van der Waals surface area contributed by atoms with Crippen LogP contribution < -0.4 is 10.9 Å². The van der Waals surface area contributed by atoms with Crippen LogP contribution in [0.15, 0.2) is 17.2 Å². The van der Waals surface area contributed by atoms with Crippen molar-refractivity contribution in [3.63, 3.8) is 0 Å². The number of anilines is 1. The largest absolute Gasteiger partial charge is 0.362 e. The Kier molecular flexibility index (Phi) is 4.84. The summed E-state index contributed by atoms with van der Waals surface area (Å²) in [5.41, 5.74) is 0.00614. The minimum absolute atomic E-state index is 0.00614. The number of hydrogen-bond donors (Lipinski definition) is 1. The highest BCUT2D eigenvalue weighted by Gasteiger charge is 2.27. The highest BCUT2D eigenvalue weighted by molar-refractivity contribution is 5.32. The van der Waals surface area contributed by atoms with Gasteiger partial charge in [-0.2, -0.15) is 0 Å². The highest BCUT2D eigenvalue weighted by Crippen LogP contribution is 2.30. The summed E-state index contributed by atoms with van der Waals surface area (Å²) in [6.07, 6.45) is 7.16. The summed E-state index contributed by atoms with van der Waals surface area (Å²) in [4.78, 5) is 16.7. The number of nitrogens with one attached hydrogen (secondary N) is 1. The van der Waals surface area contributed by atoms with Gasteiger partial charge in [0.15, 0.2) is 5.82 Å². The Hall–Kier alpha value is -1.32. The second-order valence-corrected chi connectivity index (χ2v) is 6.65. The summed E-state index contributed by atoms with van der Waals surface area (Å²) in [5, 5.41) is 3.40. The van der Waals surface area contributed by atoms with Gasteiger partial charge in [-0.1, -0.05) is 40.5 Å². The summed E-state index contributed by atoms with van der Waals surface area (Å²) in [7, 11) is 0. The molecule has 3 unspecified atom stereocenters. The molecule has 112 valence electrons. The molecule has 2 rings (SSSR count). The molecule has 0 amide bonds. The van der Waals surface area contributed by atoms with Gasteiger partial charge in [-0.3, -0.25) is 4.79 Å². The van der Waals surface area contributed by atoms with Crippen LogP contribution in [0.3, 0.4) is 0 Å². The monoisotopic (exact) mass is 277 g/mol. The zero-order valence-corrected chi connectivity index (χ0v) is 13.1. The van der Waals surface area contributed by atoms with Gasteiger partial charge in [-0.05, 0) is 24.2 Å². The molecule has 1 aromatic rings. The van der Waals surface area contributed by atoms with Crippen LogP contribution in [-0.2, 0) is 6.54 Å². The van der Waals surface area contributed by atoms with E-state index in [-0.39, 0.29) is 5.56 Å². The minimum atomic E-state index is 0.00614. The van der Waals surface area contributed by atoms with E-state index >= 15 is 0 Å². The molecule has 0 bridgehead atoms. The molecule has 0 aliphatic heterocycles. The fourth-order valence-electron chi connectivity index (χ4n) is 3.04. The molecule has 0 aromatic carbocycles. The Morgan fingerprint density at radius 2 is 2.15 bits per heavy atom. The molecule has 4 nitrogen and oxygen atoms in total. The van der Waals surface area contributed by atoms with Gasteiger partial charge in [0.05, 0.1) is 0 Å². The van der Waals surface area contributed by atoms with E-state index in [0.29, 0.717) is 29.6 Å². The van der Waals surface area contributed by atoms with Gasteiger partial charge in [-0.15, -0.1) is 0 Å². The molecule has 0 radical (unpaired) electrons. The maximum Gasteiger partial charge on any atom is 0.293 e. The van der Waals surface area contributed by atoms with Crippen molar-refractivity contribution in [3.05, 3.63) is 22.7 Å². The second-order valence-electron chi connectivity index (χ2n) is 6.65. The van der Waals surface area contributed by atoms with Crippen LogP contribution in [0.1, 0.15) is 47.0 Å². The Balaban J connectivity index is 2.15. The highest BCUT2D eigenvalue weighted by atomic mass is 16.1. The average molecular weight is 277 g/mol. The fourth-order valence-corrected chi connectivity index (χ4v) is 3.04. The lowest BCUT2D eigenvalue weighted by molar-refractivity contribution is 0.252. The van der Waals surface area contributed by atoms with Gasteiger partial charge in [-0.25, -0.2) is 4.98 Å². The molecule has 1 aromatic heterocycles. The van der Waals surface area contributed by atoms with Gasteiger partial charge in [0.1, 0.15) is 0 Å². The summed E-state index contributed by atoms with van der Waals surface area (Å²) >= 11 is 0. The second kappa shape index (κ2) is 6.42. The maximum atomic E-state index is 12.4. The Labute approximate surface area is 121 Å². The lowest BCUT2D eigenvalue weighted by atomic mass is 9.78. The van der Waals surface area contributed by atoms with E-state index in [4.69, 9.17) is 0 Å². The molecule has 1 aliphatic rings. The topological polar surface area (TPSA) is 46.9 Å². The molecule has 3 atom stereocenters. The average Bonchev–Trinajstić information content (AvgIpc) is 2.39. The molecule has 1 heterocycles. The predicted octanol–water partition coefficient (Wildman–Crippen LogP) is 3.14. The SMILES string of the molecule is CC(C)Cn1ccnc(NC2CCCC(C)C2C)c1=O. The van der Waals surface area contributed by atoms with Crippen molar-refractivity contribution >= 4 is 5.82 Å². The van der Waals surface area contributed by atoms with Crippen LogP contribution in [0, 0.1) is 17.8 Å². The van der Waals surface area contributed by atoms with Gasteiger partial charge in [0, 0.05) is 25.0 Å². The summed E-state index contributed by atoms with van der Waals surface area (Å²) in [5.74, 6) is 2.27. The molecular formula is C16H27N3O. The Bertz CT molecular complexity index is 495. The molecule has 1 saturated carbocycles. The van der Waals surface area contributed by atoms with E-state index in [9.17, 15) is 4.79 Å². The van der Waals surface area contributed by atoms with Crippen LogP contribution in [0.2, 0.25) is 0 Å². The zero-order valence-electron chi connectivity index (χ0n) is 13.1. The quantitative estimate of drug-likeness (QED) is 0.919. The minimum Gasteiger partial charge on any atom is -0.362 e. The predicted molar refractivity (Wildman–Crippen MR) is 82.9 cm³/mol. The van der Waals surface area contributed by atoms with Crippen molar-refractivity contribution in [1.82, 2.24) is 9.55 Å². The lowest BCUT2D eigenvalue weighted by Crippen LogP contribution is -2.38. The molecule has 1 aliphatic carbocycles.